The first-order valence-electron chi connectivity index (χ1n) is 11.1. The van der Waals surface area contributed by atoms with Gasteiger partial charge in [0.15, 0.2) is 6.10 Å². The van der Waals surface area contributed by atoms with Gasteiger partial charge < -0.3 is 24.4 Å². The van der Waals surface area contributed by atoms with Crippen LogP contribution in [0.3, 0.4) is 0 Å². The summed E-state index contributed by atoms with van der Waals surface area (Å²) in [6.45, 7) is 14.9. The van der Waals surface area contributed by atoms with Crippen molar-refractivity contribution < 1.29 is 38.8 Å². The average molecular weight is 453 g/mol. The smallest absolute Gasteiger partial charge is 0.303 e. The number of aliphatic hydroxyl groups is 2. The summed E-state index contributed by atoms with van der Waals surface area (Å²) in [5, 5.41) is 24.2. The Morgan fingerprint density at radius 3 is 2.19 bits per heavy atom. The third-order valence-electron chi connectivity index (χ3n) is 8.32. The topological polar surface area (TPSA) is 119 Å². The zero-order chi connectivity index (χ0) is 24.5. The van der Waals surface area contributed by atoms with Crippen molar-refractivity contribution in [2.24, 2.45) is 16.7 Å². The number of Topliss-reactive ketones (excluding diaryl/α,β-unsaturated/α-hetero) is 1. The molecule has 0 unspecified atom stereocenters. The number of rotatable bonds is 3. The first-order chi connectivity index (χ1) is 14.5. The van der Waals surface area contributed by atoms with E-state index in [1.165, 1.54) is 26.8 Å². The highest BCUT2D eigenvalue weighted by Gasteiger charge is 2.82. The van der Waals surface area contributed by atoms with Gasteiger partial charge >= 0.3 is 11.9 Å². The van der Waals surface area contributed by atoms with Gasteiger partial charge in [-0.2, -0.15) is 0 Å². The fourth-order valence-corrected chi connectivity index (χ4v) is 6.94. The second-order valence-electron chi connectivity index (χ2n) is 10.9. The molecule has 3 aliphatic rings. The van der Waals surface area contributed by atoms with E-state index in [-0.39, 0.29) is 18.6 Å². The number of aliphatic hydroxyl groups excluding tert-OH is 1. The maximum absolute atomic E-state index is 13.6. The number of fused-ring (bicyclic) bond motifs is 3. The van der Waals surface area contributed by atoms with E-state index in [0.29, 0.717) is 6.42 Å². The second kappa shape index (κ2) is 7.37. The molecule has 32 heavy (non-hydrogen) atoms. The fourth-order valence-electron chi connectivity index (χ4n) is 6.94. The van der Waals surface area contributed by atoms with Gasteiger partial charge in [0, 0.05) is 32.6 Å². The van der Waals surface area contributed by atoms with Crippen molar-refractivity contribution in [2.45, 2.75) is 103 Å². The molecule has 2 saturated carbocycles. The van der Waals surface area contributed by atoms with Crippen molar-refractivity contribution in [3.05, 3.63) is 12.7 Å². The van der Waals surface area contributed by atoms with Crippen molar-refractivity contribution in [1.29, 1.82) is 0 Å². The Labute approximate surface area is 189 Å². The van der Waals surface area contributed by atoms with Crippen LogP contribution >= 0.6 is 0 Å². The molecule has 8 atom stereocenters. The highest BCUT2D eigenvalue weighted by Crippen LogP contribution is 2.67. The molecule has 0 radical (unpaired) electrons. The molecule has 2 N–H and O–H groups in total. The van der Waals surface area contributed by atoms with Crippen LogP contribution in [0.15, 0.2) is 12.7 Å². The Morgan fingerprint density at radius 2 is 1.69 bits per heavy atom. The number of ketones is 1. The van der Waals surface area contributed by atoms with Crippen molar-refractivity contribution in [3.8, 4) is 0 Å². The van der Waals surface area contributed by atoms with Crippen LogP contribution in [-0.4, -0.2) is 63.0 Å². The summed E-state index contributed by atoms with van der Waals surface area (Å²) in [4.78, 5) is 37.8. The van der Waals surface area contributed by atoms with Crippen molar-refractivity contribution >= 4 is 17.7 Å². The Kier molecular flexibility index (Phi) is 5.72. The Morgan fingerprint density at radius 1 is 1.12 bits per heavy atom. The molecular weight excluding hydrogens is 416 g/mol. The maximum atomic E-state index is 13.6. The highest BCUT2D eigenvalue weighted by atomic mass is 16.6. The van der Waals surface area contributed by atoms with Gasteiger partial charge in [-0.3, -0.25) is 14.4 Å². The number of ether oxygens (including phenoxy) is 3. The largest absolute Gasteiger partial charge is 0.459 e. The minimum absolute atomic E-state index is 0.0427. The number of hydrogen-bond donors (Lipinski definition) is 2. The molecule has 0 bridgehead atoms. The molecule has 8 heteroatoms. The van der Waals surface area contributed by atoms with Crippen molar-refractivity contribution in [1.82, 2.24) is 0 Å². The predicted octanol–water partition coefficient (Wildman–Crippen LogP) is 2.09. The van der Waals surface area contributed by atoms with Crippen LogP contribution in [0, 0.1) is 16.7 Å². The lowest BCUT2D eigenvalue weighted by molar-refractivity contribution is -0.391. The van der Waals surface area contributed by atoms with E-state index >= 15 is 0 Å². The lowest BCUT2D eigenvalue weighted by Gasteiger charge is -2.71. The first-order valence-corrected chi connectivity index (χ1v) is 11.1. The van der Waals surface area contributed by atoms with E-state index in [0.717, 1.165) is 0 Å². The molecule has 0 aromatic carbocycles. The van der Waals surface area contributed by atoms with Crippen molar-refractivity contribution in [2.75, 3.05) is 0 Å². The summed E-state index contributed by atoms with van der Waals surface area (Å²) in [5.41, 5.74) is -7.09. The lowest BCUT2D eigenvalue weighted by Crippen LogP contribution is -2.87. The molecular formula is C24H36O8. The molecule has 0 aromatic heterocycles. The molecule has 3 rings (SSSR count). The monoisotopic (exact) mass is 452 g/mol. The summed E-state index contributed by atoms with van der Waals surface area (Å²) in [7, 11) is 0. The maximum Gasteiger partial charge on any atom is 0.303 e. The molecule has 1 aliphatic heterocycles. The predicted molar refractivity (Wildman–Crippen MR) is 114 cm³/mol. The average Bonchev–Trinajstić information content (AvgIpc) is 2.65. The summed E-state index contributed by atoms with van der Waals surface area (Å²) in [5.74, 6) is -2.33. The van der Waals surface area contributed by atoms with E-state index in [1.54, 1.807) is 13.8 Å². The van der Waals surface area contributed by atoms with Gasteiger partial charge in [0.2, 0.25) is 0 Å². The lowest BCUT2D eigenvalue weighted by atomic mass is 9.40. The number of esters is 2. The van der Waals surface area contributed by atoms with Crippen LogP contribution in [0.5, 0.6) is 0 Å². The normalized spacial score (nSPS) is 47.6. The van der Waals surface area contributed by atoms with Gasteiger partial charge in [-0.25, -0.2) is 0 Å². The summed E-state index contributed by atoms with van der Waals surface area (Å²) in [6, 6.07) is 0. The van der Waals surface area contributed by atoms with Crippen LogP contribution in [0.4, 0.5) is 0 Å². The molecule has 2 aliphatic carbocycles. The van der Waals surface area contributed by atoms with Crippen LogP contribution in [0.25, 0.3) is 0 Å². The molecule has 180 valence electrons. The molecule has 8 nitrogen and oxygen atoms in total. The quantitative estimate of drug-likeness (QED) is 0.493. The van der Waals surface area contributed by atoms with E-state index in [2.05, 4.69) is 6.58 Å². The van der Waals surface area contributed by atoms with E-state index in [9.17, 15) is 24.6 Å². The SMILES string of the molecule is C=C[C@@]1(C)C[C@@H](OC(C)=O)[C@]2(O)[C@@]3(C)C(=O)CCC(C)(C)[C@@H]3[C@H](O)[C@H](OC(C)=O)[C@@]2(C)O1. The molecule has 0 spiro atoms. The third-order valence-corrected chi connectivity index (χ3v) is 8.32. The summed E-state index contributed by atoms with van der Waals surface area (Å²) < 4.78 is 17.6. The molecule has 0 amide bonds. The Balaban J connectivity index is 2.38. The summed E-state index contributed by atoms with van der Waals surface area (Å²) >= 11 is 0. The number of hydrogen-bond acceptors (Lipinski definition) is 8. The van der Waals surface area contributed by atoms with Gasteiger partial charge in [-0.05, 0) is 32.6 Å². The number of carbonyl (C=O) groups excluding carboxylic acids is 3. The highest BCUT2D eigenvalue weighted by molar-refractivity contribution is 5.88. The van der Waals surface area contributed by atoms with Crippen LogP contribution < -0.4 is 0 Å². The van der Waals surface area contributed by atoms with Gasteiger partial charge in [0.25, 0.3) is 0 Å². The van der Waals surface area contributed by atoms with E-state index < -0.39 is 63.8 Å². The van der Waals surface area contributed by atoms with Crippen LogP contribution in [0.2, 0.25) is 0 Å². The van der Waals surface area contributed by atoms with E-state index in [4.69, 9.17) is 14.2 Å². The third kappa shape index (κ3) is 3.10. The minimum Gasteiger partial charge on any atom is -0.459 e. The molecule has 3 fully saturated rings. The summed E-state index contributed by atoms with van der Waals surface area (Å²) in [6.07, 6.45) is -1.54. The fraction of sp³-hybridized carbons (Fsp3) is 0.792. The van der Waals surface area contributed by atoms with Gasteiger partial charge in [0.1, 0.15) is 23.1 Å². The first kappa shape index (κ1) is 24.9. The molecule has 1 heterocycles. The zero-order valence-corrected chi connectivity index (χ0v) is 20.1. The number of carbonyl (C=O) groups is 3. The Bertz CT molecular complexity index is 851. The molecule has 0 aromatic rings. The van der Waals surface area contributed by atoms with Crippen LogP contribution in [-0.2, 0) is 28.6 Å². The van der Waals surface area contributed by atoms with Gasteiger partial charge in [0.05, 0.1) is 17.1 Å². The van der Waals surface area contributed by atoms with E-state index in [1.807, 2.05) is 13.8 Å². The van der Waals surface area contributed by atoms with Crippen LogP contribution in [0.1, 0.15) is 67.7 Å². The Hall–Kier alpha value is -1.77. The molecule has 1 saturated heterocycles. The standard InChI is InChI=1S/C24H36O8/c1-9-21(6)12-16(30-13(2)25)24(29)22(7)15(27)10-11-20(4,5)18(22)17(28)19(31-14(3)26)23(24,8)32-21/h9,16-19,28-29H,1,10-12H2,2-8H3/t16-,17+,18+,19+,21+,22+,23-,24+/m1/s1. The van der Waals surface area contributed by atoms with Gasteiger partial charge in [-0.1, -0.05) is 19.9 Å². The van der Waals surface area contributed by atoms with Gasteiger partial charge in [-0.15, -0.1) is 6.58 Å². The zero-order valence-electron chi connectivity index (χ0n) is 20.1. The second-order valence-corrected chi connectivity index (χ2v) is 10.9. The minimum atomic E-state index is -2.09. The van der Waals surface area contributed by atoms with Crippen molar-refractivity contribution in [3.63, 3.8) is 0 Å².